The highest BCUT2D eigenvalue weighted by molar-refractivity contribution is 5.95. The second-order valence-electron chi connectivity index (χ2n) is 6.45. The van der Waals surface area contributed by atoms with Crippen LogP contribution in [-0.2, 0) is 4.79 Å². The highest BCUT2D eigenvalue weighted by atomic mass is 16.2. The van der Waals surface area contributed by atoms with Gasteiger partial charge in [-0.3, -0.25) is 9.69 Å². The lowest BCUT2D eigenvalue weighted by Crippen LogP contribution is -2.43. The predicted molar refractivity (Wildman–Crippen MR) is 93.4 cm³/mol. The maximum Gasteiger partial charge on any atom is 0.241 e. The molecule has 1 fully saturated rings. The van der Waals surface area contributed by atoms with Crippen LogP contribution >= 0.6 is 0 Å². The minimum atomic E-state index is 0.149. The summed E-state index contributed by atoms with van der Waals surface area (Å²) in [6, 6.07) is 14.6. The third-order valence-electron chi connectivity index (χ3n) is 4.50. The zero-order chi connectivity index (χ0) is 16.2. The molecule has 1 aliphatic heterocycles. The van der Waals surface area contributed by atoms with Gasteiger partial charge < -0.3 is 9.88 Å². The Hall–Kier alpha value is -2.07. The van der Waals surface area contributed by atoms with Gasteiger partial charge in [0.1, 0.15) is 0 Å². The van der Waals surface area contributed by atoms with Crippen molar-refractivity contribution in [3.8, 4) is 0 Å². The number of benzene rings is 1. The lowest BCUT2D eigenvalue weighted by Gasteiger charge is -2.30. The van der Waals surface area contributed by atoms with E-state index >= 15 is 0 Å². The van der Waals surface area contributed by atoms with Gasteiger partial charge in [-0.15, -0.1) is 0 Å². The van der Waals surface area contributed by atoms with Gasteiger partial charge in [0, 0.05) is 23.6 Å². The monoisotopic (exact) mass is 311 g/mol. The molecule has 0 unspecified atom stereocenters. The Morgan fingerprint density at radius 3 is 2.70 bits per heavy atom. The molecule has 0 bridgehead atoms. The van der Waals surface area contributed by atoms with E-state index in [-0.39, 0.29) is 11.9 Å². The first-order valence-corrected chi connectivity index (χ1v) is 8.41. The summed E-state index contributed by atoms with van der Waals surface area (Å²) in [7, 11) is 0. The van der Waals surface area contributed by atoms with Crippen molar-refractivity contribution in [1.82, 2.24) is 9.88 Å². The van der Waals surface area contributed by atoms with Gasteiger partial charge in [0.05, 0.1) is 12.6 Å². The first-order valence-electron chi connectivity index (χ1n) is 8.41. The fourth-order valence-electron chi connectivity index (χ4n) is 3.49. The largest absolute Gasteiger partial charge is 0.364 e. The molecule has 0 aliphatic carbocycles. The molecule has 122 valence electrons. The summed E-state index contributed by atoms with van der Waals surface area (Å²) in [6.07, 6.45) is 4.21. The van der Waals surface area contributed by atoms with Gasteiger partial charge in [-0.25, -0.2) is 0 Å². The molecule has 0 saturated carbocycles. The molecule has 4 nitrogen and oxygen atoms in total. The molecule has 1 amide bonds. The number of aromatic amines is 1. The summed E-state index contributed by atoms with van der Waals surface area (Å²) in [5.74, 6) is 0.171. The first kappa shape index (κ1) is 15.8. The van der Waals surface area contributed by atoms with Crippen molar-refractivity contribution in [2.45, 2.75) is 38.8 Å². The number of para-hydroxylation sites is 1. The summed E-state index contributed by atoms with van der Waals surface area (Å²) < 4.78 is 0. The summed E-state index contributed by atoms with van der Waals surface area (Å²) >= 11 is 0. The van der Waals surface area contributed by atoms with Crippen LogP contribution in [0.15, 0.2) is 48.7 Å². The lowest BCUT2D eigenvalue weighted by molar-refractivity contribution is -0.120. The van der Waals surface area contributed by atoms with Crippen LogP contribution in [0.1, 0.15) is 38.4 Å². The molecule has 1 N–H and O–H groups in total. The molecule has 0 spiro atoms. The van der Waals surface area contributed by atoms with Crippen molar-refractivity contribution in [2.24, 2.45) is 0 Å². The summed E-state index contributed by atoms with van der Waals surface area (Å²) in [5.41, 5.74) is 2.19. The van der Waals surface area contributed by atoms with E-state index in [0.717, 1.165) is 25.1 Å². The number of H-pyrrole nitrogens is 1. The molecular weight excluding hydrogens is 286 g/mol. The third-order valence-corrected chi connectivity index (χ3v) is 4.50. The van der Waals surface area contributed by atoms with Gasteiger partial charge in [-0.05, 0) is 57.5 Å². The van der Waals surface area contributed by atoms with Gasteiger partial charge in [0.15, 0.2) is 0 Å². The van der Waals surface area contributed by atoms with E-state index in [1.165, 1.54) is 5.69 Å². The number of rotatable bonds is 5. The van der Waals surface area contributed by atoms with Gasteiger partial charge in [-0.2, -0.15) is 0 Å². The Morgan fingerprint density at radius 2 is 2.04 bits per heavy atom. The van der Waals surface area contributed by atoms with E-state index in [1.54, 1.807) is 0 Å². The topological polar surface area (TPSA) is 39.3 Å². The minimum Gasteiger partial charge on any atom is -0.364 e. The highest BCUT2D eigenvalue weighted by Gasteiger charge is 2.30. The Labute approximate surface area is 138 Å². The predicted octanol–water partition coefficient (Wildman–Crippen LogP) is 3.59. The minimum absolute atomic E-state index is 0.149. The summed E-state index contributed by atoms with van der Waals surface area (Å²) in [4.78, 5) is 20.4. The molecular formula is C19H25N3O. The second kappa shape index (κ2) is 7.01. The molecule has 1 saturated heterocycles. The van der Waals surface area contributed by atoms with Crippen LogP contribution in [0.25, 0.3) is 0 Å². The molecule has 2 heterocycles. The van der Waals surface area contributed by atoms with Crippen molar-refractivity contribution < 1.29 is 4.79 Å². The molecule has 23 heavy (non-hydrogen) atoms. The quantitative estimate of drug-likeness (QED) is 0.916. The van der Waals surface area contributed by atoms with Crippen molar-refractivity contribution in [3.63, 3.8) is 0 Å². The Morgan fingerprint density at radius 1 is 1.26 bits per heavy atom. The summed E-state index contributed by atoms with van der Waals surface area (Å²) in [5, 5.41) is 0. The van der Waals surface area contributed by atoms with Crippen LogP contribution in [-0.4, -0.2) is 34.9 Å². The number of likely N-dealkylation sites (tertiary alicyclic amines) is 1. The number of anilines is 1. The van der Waals surface area contributed by atoms with Crippen LogP contribution in [0, 0.1) is 0 Å². The lowest BCUT2D eigenvalue weighted by atomic mass is 10.1. The van der Waals surface area contributed by atoms with Gasteiger partial charge in [-0.1, -0.05) is 18.2 Å². The van der Waals surface area contributed by atoms with Crippen molar-refractivity contribution >= 4 is 11.6 Å². The Kier molecular flexibility index (Phi) is 4.82. The van der Waals surface area contributed by atoms with E-state index in [9.17, 15) is 4.79 Å². The average Bonchev–Trinajstić information content (AvgIpc) is 3.18. The van der Waals surface area contributed by atoms with Crippen molar-refractivity contribution in [3.05, 3.63) is 54.4 Å². The zero-order valence-electron chi connectivity index (χ0n) is 13.9. The number of hydrogen-bond acceptors (Lipinski definition) is 2. The van der Waals surface area contributed by atoms with Crippen molar-refractivity contribution in [1.29, 1.82) is 0 Å². The number of nitrogens with one attached hydrogen (secondary N) is 1. The SMILES string of the molecule is CC(C)N(C(=O)CN1CCC[C@@H]1c1ccc[nH]1)c1ccccc1. The fourth-order valence-corrected chi connectivity index (χ4v) is 3.49. The maximum atomic E-state index is 12.9. The number of aromatic nitrogens is 1. The van der Waals surface area contributed by atoms with E-state index in [1.807, 2.05) is 47.5 Å². The molecule has 2 aromatic rings. The molecule has 1 aromatic heterocycles. The molecule has 4 heteroatoms. The number of nitrogens with zero attached hydrogens (tertiary/aromatic N) is 2. The zero-order valence-corrected chi connectivity index (χ0v) is 13.9. The number of carbonyl (C=O) groups excluding carboxylic acids is 1. The Balaban J connectivity index is 1.74. The van der Waals surface area contributed by atoms with Crippen LogP contribution in [0.3, 0.4) is 0 Å². The molecule has 3 rings (SSSR count). The Bertz CT molecular complexity index is 621. The number of hydrogen-bond donors (Lipinski definition) is 1. The van der Waals surface area contributed by atoms with Crippen LogP contribution in [0.5, 0.6) is 0 Å². The van der Waals surface area contributed by atoms with Crippen LogP contribution < -0.4 is 4.90 Å². The highest BCUT2D eigenvalue weighted by Crippen LogP contribution is 2.31. The van der Waals surface area contributed by atoms with E-state index in [4.69, 9.17) is 0 Å². The second-order valence-corrected chi connectivity index (χ2v) is 6.45. The number of amides is 1. The van der Waals surface area contributed by atoms with Crippen LogP contribution in [0.4, 0.5) is 5.69 Å². The molecule has 1 aliphatic rings. The van der Waals surface area contributed by atoms with Crippen molar-refractivity contribution in [2.75, 3.05) is 18.0 Å². The smallest absolute Gasteiger partial charge is 0.241 e. The number of carbonyl (C=O) groups is 1. The van der Waals surface area contributed by atoms with E-state index < -0.39 is 0 Å². The van der Waals surface area contributed by atoms with Gasteiger partial charge in [0.25, 0.3) is 0 Å². The van der Waals surface area contributed by atoms with Gasteiger partial charge in [0.2, 0.25) is 5.91 Å². The van der Waals surface area contributed by atoms with E-state index in [2.05, 4.69) is 29.8 Å². The fraction of sp³-hybridized carbons (Fsp3) is 0.421. The standard InChI is InChI=1S/C19H25N3O/c1-15(2)22(16-8-4-3-5-9-16)19(23)14-21-13-7-11-18(21)17-10-6-12-20-17/h3-6,8-10,12,15,18,20H,7,11,13-14H2,1-2H3/t18-/m1/s1. The normalized spacial score (nSPS) is 18.5. The van der Waals surface area contributed by atoms with Gasteiger partial charge >= 0.3 is 0 Å². The molecule has 0 radical (unpaired) electrons. The summed E-state index contributed by atoms with van der Waals surface area (Å²) in [6.45, 7) is 5.58. The van der Waals surface area contributed by atoms with E-state index in [0.29, 0.717) is 12.6 Å². The van der Waals surface area contributed by atoms with Crippen LogP contribution in [0.2, 0.25) is 0 Å². The first-order chi connectivity index (χ1) is 11.2. The third kappa shape index (κ3) is 3.48. The molecule has 1 aromatic carbocycles. The average molecular weight is 311 g/mol. The molecule has 1 atom stereocenters. The maximum absolute atomic E-state index is 12.9.